The largest absolute Gasteiger partial charge is 0.467 e. The fourth-order valence-electron chi connectivity index (χ4n) is 2.37. The molecule has 0 bridgehead atoms. The summed E-state index contributed by atoms with van der Waals surface area (Å²) >= 11 is 0. The van der Waals surface area contributed by atoms with Crippen LogP contribution in [0.2, 0.25) is 0 Å². The lowest BCUT2D eigenvalue weighted by molar-refractivity contribution is -0.145. The van der Waals surface area contributed by atoms with Crippen molar-refractivity contribution in [1.29, 1.82) is 0 Å². The molecule has 3 amide bonds. The number of hydrogen-bond acceptors (Lipinski definition) is 5. The molecule has 0 aliphatic rings. The lowest BCUT2D eigenvalue weighted by atomic mass is 10.0. The fourth-order valence-corrected chi connectivity index (χ4v) is 2.37. The van der Waals surface area contributed by atoms with Crippen LogP contribution in [0.1, 0.15) is 59.3 Å². The third kappa shape index (κ3) is 9.39. The van der Waals surface area contributed by atoms with Gasteiger partial charge in [0.05, 0.1) is 7.11 Å². The Morgan fingerprint density at radius 3 is 2.12 bits per heavy atom. The first-order valence-electron chi connectivity index (χ1n) is 9.14. The molecule has 0 aliphatic carbocycles. The minimum atomic E-state index is -0.942. The molecule has 0 heterocycles. The first-order chi connectivity index (χ1) is 12.3. The Hall–Kier alpha value is -2.12. The van der Waals surface area contributed by atoms with E-state index in [1.807, 2.05) is 20.8 Å². The molecule has 0 spiro atoms. The van der Waals surface area contributed by atoms with Crippen molar-refractivity contribution in [1.82, 2.24) is 16.0 Å². The van der Waals surface area contributed by atoms with Crippen molar-refractivity contribution in [3.8, 4) is 0 Å². The molecule has 0 aromatic rings. The van der Waals surface area contributed by atoms with Crippen LogP contribution in [0, 0.1) is 5.92 Å². The van der Waals surface area contributed by atoms with E-state index in [2.05, 4.69) is 16.0 Å². The molecule has 0 rings (SSSR count). The van der Waals surface area contributed by atoms with E-state index in [0.717, 1.165) is 19.3 Å². The number of esters is 1. The number of ether oxygens (including phenoxy) is 1. The zero-order valence-corrected chi connectivity index (χ0v) is 16.5. The van der Waals surface area contributed by atoms with Crippen LogP contribution in [0.5, 0.6) is 0 Å². The van der Waals surface area contributed by atoms with Crippen LogP contribution in [0.4, 0.5) is 0 Å². The SMILES string of the molecule is CCCCCC(=O)N[C@H](C(=O)N[C@@H](CCC(=O)NC)C(=O)OC)C(C)C. The van der Waals surface area contributed by atoms with E-state index in [-0.39, 0.29) is 30.6 Å². The Kier molecular flexibility index (Phi) is 12.1. The summed E-state index contributed by atoms with van der Waals surface area (Å²) in [7, 11) is 2.72. The van der Waals surface area contributed by atoms with Crippen LogP contribution in [0.3, 0.4) is 0 Å². The Morgan fingerprint density at radius 1 is 0.962 bits per heavy atom. The number of unbranched alkanes of at least 4 members (excludes halogenated alkanes) is 2. The molecule has 0 unspecified atom stereocenters. The third-order valence-corrected chi connectivity index (χ3v) is 4.01. The minimum Gasteiger partial charge on any atom is -0.467 e. The third-order valence-electron chi connectivity index (χ3n) is 4.01. The smallest absolute Gasteiger partial charge is 0.328 e. The highest BCUT2D eigenvalue weighted by Gasteiger charge is 2.29. The average Bonchev–Trinajstić information content (AvgIpc) is 2.61. The van der Waals surface area contributed by atoms with Crippen molar-refractivity contribution < 1.29 is 23.9 Å². The van der Waals surface area contributed by atoms with Crippen LogP contribution < -0.4 is 16.0 Å². The average molecular weight is 371 g/mol. The zero-order chi connectivity index (χ0) is 20.1. The van der Waals surface area contributed by atoms with Gasteiger partial charge in [-0.2, -0.15) is 0 Å². The topological polar surface area (TPSA) is 114 Å². The fraction of sp³-hybridized carbons (Fsp3) is 0.778. The summed E-state index contributed by atoms with van der Waals surface area (Å²) in [5.41, 5.74) is 0. The van der Waals surface area contributed by atoms with Gasteiger partial charge in [0, 0.05) is 19.9 Å². The highest BCUT2D eigenvalue weighted by atomic mass is 16.5. The van der Waals surface area contributed by atoms with E-state index in [1.165, 1.54) is 14.2 Å². The van der Waals surface area contributed by atoms with Crippen molar-refractivity contribution in [2.45, 2.75) is 71.4 Å². The summed E-state index contributed by atoms with van der Waals surface area (Å²) < 4.78 is 4.69. The maximum Gasteiger partial charge on any atom is 0.328 e. The minimum absolute atomic E-state index is 0.0757. The van der Waals surface area contributed by atoms with Crippen molar-refractivity contribution in [2.75, 3.05) is 14.2 Å². The molecular formula is C18H33N3O5. The molecule has 0 saturated heterocycles. The molecule has 0 aromatic heterocycles. The van der Waals surface area contributed by atoms with Crippen molar-refractivity contribution in [2.24, 2.45) is 5.92 Å². The summed E-state index contributed by atoms with van der Waals surface area (Å²) in [5, 5.41) is 7.79. The lowest BCUT2D eigenvalue weighted by Gasteiger charge is -2.24. The summed E-state index contributed by atoms with van der Waals surface area (Å²) in [6.45, 7) is 5.68. The van der Waals surface area contributed by atoms with Gasteiger partial charge >= 0.3 is 5.97 Å². The van der Waals surface area contributed by atoms with Crippen LogP contribution in [-0.4, -0.2) is 49.9 Å². The Bertz CT molecular complexity index is 479. The molecular weight excluding hydrogens is 338 g/mol. The second kappa shape index (κ2) is 13.1. The zero-order valence-electron chi connectivity index (χ0n) is 16.5. The molecule has 26 heavy (non-hydrogen) atoms. The monoisotopic (exact) mass is 371 g/mol. The van der Waals surface area contributed by atoms with Gasteiger partial charge in [0.15, 0.2) is 0 Å². The van der Waals surface area contributed by atoms with Gasteiger partial charge in [-0.25, -0.2) is 4.79 Å². The predicted molar refractivity (Wildman–Crippen MR) is 98.2 cm³/mol. The first-order valence-corrected chi connectivity index (χ1v) is 9.14. The highest BCUT2D eigenvalue weighted by Crippen LogP contribution is 2.07. The second-order valence-electron chi connectivity index (χ2n) is 6.54. The number of carbonyl (C=O) groups excluding carboxylic acids is 4. The molecule has 0 saturated carbocycles. The molecule has 0 radical (unpaired) electrons. The number of rotatable bonds is 12. The van der Waals surface area contributed by atoms with Gasteiger partial charge in [-0.15, -0.1) is 0 Å². The first kappa shape index (κ1) is 23.9. The highest BCUT2D eigenvalue weighted by molar-refractivity contribution is 5.91. The van der Waals surface area contributed by atoms with E-state index >= 15 is 0 Å². The molecule has 2 atom stereocenters. The van der Waals surface area contributed by atoms with Gasteiger partial charge in [-0.1, -0.05) is 33.6 Å². The van der Waals surface area contributed by atoms with Crippen LogP contribution in [0.15, 0.2) is 0 Å². The molecule has 0 fully saturated rings. The lowest BCUT2D eigenvalue weighted by Crippen LogP contribution is -2.54. The molecule has 0 aliphatic heterocycles. The summed E-state index contributed by atoms with van der Waals surface area (Å²) in [6.07, 6.45) is 3.29. The Morgan fingerprint density at radius 2 is 1.62 bits per heavy atom. The van der Waals surface area contributed by atoms with Gasteiger partial charge in [-0.05, 0) is 18.8 Å². The standard InChI is InChI=1S/C18H33N3O5/c1-6-7-8-9-15(23)21-16(12(2)3)17(24)20-13(18(25)26-5)10-11-14(22)19-4/h12-13,16H,6-11H2,1-5H3,(H,19,22)(H,20,24)(H,21,23)/t13-,16-/m0/s1. The molecule has 8 nitrogen and oxygen atoms in total. The second-order valence-corrected chi connectivity index (χ2v) is 6.54. The van der Waals surface area contributed by atoms with Gasteiger partial charge in [0.25, 0.3) is 0 Å². The summed E-state index contributed by atoms with van der Waals surface area (Å²) in [6, 6.07) is -1.70. The van der Waals surface area contributed by atoms with Crippen LogP contribution in [0.25, 0.3) is 0 Å². The van der Waals surface area contributed by atoms with Crippen LogP contribution >= 0.6 is 0 Å². The molecule has 0 aromatic carbocycles. The van der Waals surface area contributed by atoms with Gasteiger partial charge < -0.3 is 20.7 Å². The number of amides is 3. The summed E-state index contributed by atoms with van der Waals surface area (Å²) in [5.74, 6) is -1.66. The van der Waals surface area contributed by atoms with Crippen molar-refractivity contribution in [3.63, 3.8) is 0 Å². The van der Waals surface area contributed by atoms with E-state index in [0.29, 0.717) is 6.42 Å². The molecule has 150 valence electrons. The Balaban J connectivity index is 4.87. The quantitative estimate of drug-likeness (QED) is 0.348. The van der Waals surface area contributed by atoms with E-state index in [9.17, 15) is 19.2 Å². The summed E-state index contributed by atoms with van der Waals surface area (Å²) in [4.78, 5) is 47.9. The molecule has 3 N–H and O–H groups in total. The normalized spacial score (nSPS) is 12.8. The van der Waals surface area contributed by atoms with Gasteiger partial charge in [-0.3, -0.25) is 14.4 Å². The maximum atomic E-state index is 12.6. The van der Waals surface area contributed by atoms with Crippen LogP contribution in [-0.2, 0) is 23.9 Å². The molecule has 8 heteroatoms. The Labute approximate surface area is 155 Å². The number of nitrogens with one attached hydrogen (secondary N) is 3. The van der Waals surface area contributed by atoms with Gasteiger partial charge in [0.1, 0.15) is 12.1 Å². The number of hydrogen-bond donors (Lipinski definition) is 3. The van der Waals surface area contributed by atoms with E-state index in [1.54, 1.807) is 0 Å². The van der Waals surface area contributed by atoms with Crippen molar-refractivity contribution >= 4 is 23.7 Å². The van der Waals surface area contributed by atoms with Crippen molar-refractivity contribution in [3.05, 3.63) is 0 Å². The van der Waals surface area contributed by atoms with E-state index < -0.39 is 24.0 Å². The van der Waals surface area contributed by atoms with Gasteiger partial charge in [0.2, 0.25) is 17.7 Å². The predicted octanol–water partition coefficient (Wildman–Crippen LogP) is 0.892. The number of methoxy groups -OCH3 is 1. The maximum absolute atomic E-state index is 12.6. The van der Waals surface area contributed by atoms with E-state index in [4.69, 9.17) is 4.74 Å². The number of carbonyl (C=O) groups is 4.